The van der Waals surface area contributed by atoms with Gasteiger partial charge >= 0.3 is 0 Å². The van der Waals surface area contributed by atoms with Crippen LogP contribution in [0.2, 0.25) is 5.02 Å². The first kappa shape index (κ1) is 22.6. The highest BCUT2D eigenvalue weighted by Crippen LogP contribution is 2.30. The first-order valence-corrected chi connectivity index (χ1v) is 11.0. The summed E-state index contributed by atoms with van der Waals surface area (Å²) < 4.78 is 5.49. The lowest BCUT2D eigenvalue weighted by Crippen LogP contribution is -2.64. The Morgan fingerprint density at radius 1 is 1.20 bits per heavy atom. The van der Waals surface area contributed by atoms with E-state index in [0.29, 0.717) is 17.5 Å². The predicted octanol–water partition coefficient (Wildman–Crippen LogP) is 2.63. The van der Waals surface area contributed by atoms with E-state index in [1.54, 1.807) is 12.0 Å². The molecule has 0 radical (unpaired) electrons. The number of piperazine rings is 1. The van der Waals surface area contributed by atoms with Gasteiger partial charge in [0, 0.05) is 56.3 Å². The average molecular weight is 434 g/mol. The van der Waals surface area contributed by atoms with Gasteiger partial charge in [-0.1, -0.05) is 38.1 Å². The largest absolute Gasteiger partial charge is 0.496 e. The van der Waals surface area contributed by atoms with Crippen molar-refractivity contribution in [1.29, 1.82) is 0 Å². The van der Waals surface area contributed by atoms with Crippen LogP contribution in [0.15, 0.2) is 24.8 Å². The summed E-state index contributed by atoms with van der Waals surface area (Å²) in [5, 5.41) is 0.706. The Hall–Kier alpha value is -2.05. The molecule has 1 aromatic carbocycles. The van der Waals surface area contributed by atoms with Crippen LogP contribution in [-0.4, -0.2) is 78.9 Å². The number of methoxy groups -OCH3 is 1. The third-order valence-corrected chi connectivity index (χ3v) is 6.62. The van der Waals surface area contributed by atoms with Crippen LogP contribution in [0.1, 0.15) is 25.0 Å². The fourth-order valence-corrected chi connectivity index (χ4v) is 4.59. The molecule has 0 saturated carbocycles. The van der Waals surface area contributed by atoms with E-state index >= 15 is 0 Å². The zero-order valence-electron chi connectivity index (χ0n) is 18.2. The van der Waals surface area contributed by atoms with Crippen molar-refractivity contribution in [3.63, 3.8) is 0 Å². The van der Waals surface area contributed by atoms with Crippen LogP contribution in [0.4, 0.5) is 0 Å². The normalized spacial score (nSPS) is 18.7. The molecule has 30 heavy (non-hydrogen) atoms. The fraction of sp³-hybridized carbons (Fsp3) is 0.565. The molecule has 6 nitrogen and oxygen atoms in total. The number of ether oxygens (including phenoxy) is 1. The molecule has 2 aliphatic rings. The first-order valence-electron chi connectivity index (χ1n) is 10.7. The fourth-order valence-electron chi connectivity index (χ4n) is 4.30. The van der Waals surface area contributed by atoms with Crippen LogP contribution < -0.4 is 4.74 Å². The number of halogens is 1. The lowest BCUT2D eigenvalue weighted by atomic mass is 9.96. The second-order valence-electron chi connectivity index (χ2n) is 8.18. The molecule has 0 aromatic heterocycles. The van der Waals surface area contributed by atoms with E-state index < -0.39 is 0 Å². The minimum Gasteiger partial charge on any atom is -0.496 e. The Kier molecular flexibility index (Phi) is 7.42. The number of hydrogen-bond donors (Lipinski definition) is 0. The number of aryl methyl sites for hydroxylation is 1. The predicted molar refractivity (Wildman–Crippen MR) is 119 cm³/mol. The van der Waals surface area contributed by atoms with E-state index in [4.69, 9.17) is 16.3 Å². The van der Waals surface area contributed by atoms with Crippen molar-refractivity contribution in [1.82, 2.24) is 14.7 Å². The van der Waals surface area contributed by atoms with Gasteiger partial charge in [-0.05, 0) is 36.1 Å². The number of likely N-dealkylation sites (tertiary alicyclic amines) is 1. The number of carbonyl (C=O) groups excluding carboxylic acids is 2. The van der Waals surface area contributed by atoms with E-state index in [1.165, 1.54) is 6.08 Å². The summed E-state index contributed by atoms with van der Waals surface area (Å²) in [5.74, 6) is 0.797. The molecule has 2 aliphatic heterocycles. The standard InChI is InChI=1S/C23H32ClN3O3/c1-5-17-12-18(21(30-4)13-20(17)24)11-16(3)23(29)26-9-7-25(8-10-26)19-14-27(15-19)22(28)6-2/h6,12-13,16,19H,2,5,7-11,14-15H2,1,3-4H3/t16-/m1/s1. The second kappa shape index (κ2) is 9.84. The molecule has 0 aliphatic carbocycles. The van der Waals surface area contributed by atoms with E-state index in [-0.39, 0.29) is 17.7 Å². The summed E-state index contributed by atoms with van der Waals surface area (Å²) in [5.41, 5.74) is 2.10. The number of rotatable bonds is 7. The van der Waals surface area contributed by atoms with Gasteiger partial charge in [0.2, 0.25) is 11.8 Å². The smallest absolute Gasteiger partial charge is 0.246 e. The summed E-state index contributed by atoms with van der Waals surface area (Å²) >= 11 is 6.31. The highest BCUT2D eigenvalue weighted by Gasteiger charge is 2.36. The lowest BCUT2D eigenvalue weighted by molar-refractivity contribution is -0.139. The molecule has 0 N–H and O–H groups in total. The van der Waals surface area contributed by atoms with Gasteiger partial charge in [-0.25, -0.2) is 0 Å². The summed E-state index contributed by atoms with van der Waals surface area (Å²) in [4.78, 5) is 30.8. The number of benzene rings is 1. The Balaban J connectivity index is 1.53. The zero-order valence-corrected chi connectivity index (χ0v) is 19.0. The summed E-state index contributed by atoms with van der Waals surface area (Å²) in [7, 11) is 1.64. The number of hydrogen-bond acceptors (Lipinski definition) is 4. The molecule has 164 valence electrons. The molecule has 1 aromatic rings. The third-order valence-electron chi connectivity index (χ3n) is 6.27. The average Bonchev–Trinajstić information content (AvgIpc) is 2.73. The van der Waals surface area contributed by atoms with Gasteiger partial charge in [0.15, 0.2) is 0 Å². The van der Waals surface area contributed by atoms with Crippen molar-refractivity contribution in [2.24, 2.45) is 5.92 Å². The Morgan fingerprint density at radius 3 is 2.43 bits per heavy atom. The molecular weight excluding hydrogens is 402 g/mol. The van der Waals surface area contributed by atoms with E-state index in [0.717, 1.165) is 62.6 Å². The highest BCUT2D eigenvalue weighted by atomic mass is 35.5. The monoisotopic (exact) mass is 433 g/mol. The number of nitrogens with zero attached hydrogens (tertiary/aromatic N) is 3. The van der Waals surface area contributed by atoms with Gasteiger partial charge in [0.1, 0.15) is 5.75 Å². The molecule has 2 saturated heterocycles. The van der Waals surface area contributed by atoms with Gasteiger partial charge in [-0.15, -0.1) is 0 Å². The van der Waals surface area contributed by atoms with Gasteiger partial charge in [-0.2, -0.15) is 0 Å². The van der Waals surface area contributed by atoms with Gasteiger partial charge < -0.3 is 14.5 Å². The summed E-state index contributed by atoms with van der Waals surface area (Å²) in [6.07, 6.45) is 2.85. The molecule has 0 unspecified atom stereocenters. The minimum atomic E-state index is -0.124. The van der Waals surface area contributed by atoms with Crippen LogP contribution in [0.25, 0.3) is 0 Å². The van der Waals surface area contributed by atoms with Crippen LogP contribution in [0, 0.1) is 5.92 Å². The molecular formula is C23H32ClN3O3. The maximum absolute atomic E-state index is 13.0. The summed E-state index contributed by atoms with van der Waals surface area (Å²) in [6, 6.07) is 4.31. The van der Waals surface area contributed by atoms with Crippen molar-refractivity contribution in [2.45, 2.75) is 32.7 Å². The topological polar surface area (TPSA) is 53.1 Å². The molecule has 7 heteroatoms. The van der Waals surface area contributed by atoms with Gasteiger partial charge in [-0.3, -0.25) is 14.5 Å². The molecule has 2 amide bonds. The van der Waals surface area contributed by atoms with Crippen LogP contribution in [0.3, 0.4) is 0 Å². The Labute approximate surface area is 184 Å². The second-order valence-corrected chi connectivity index (χ2v) is 8.58. The van der Waals surface area contributed by atoms with Crippen LogP contribution >= 0.6 is 11.6 Å². The molecule has 0 bridgehead atoms. The third kappa shape index (κ3) is 4.81. The van der Waals surface area contributed by atoms with Crippen LogP contribution in [-0.2, 0) is 22.4 Å². The first-order chi connectivity index (χ1) is 14.4. The van der Waals surface area contributed by atoms with Gasteiger partial charge in [0.05, 0.1) is 7.11 Å². The van der Waals surface area contributed by atoms with Crippen molar-refractivity contribution < 1.29 is 14.3 Å². The lowest BCUT2D eigenvalue weighted by Gasteiger charge is -2.48. The van der Waals surface area contributed by atoms with E-state index in [1.807, 2.05) is 17.9 Å². The van der Waals surface area contributed by atoms with Gasteiger partial charge in [0.25, 0.3) is 0 Å². The molecule has 3 rings (SSSR count). The van der Waals surface area contributed by atoms with Crippen LogP contribution in [0.5, 0.6) is 5.75 Å². The number of carbonyl (C=O) groups is 2. The Morgan fingerprint density at radius 2 is 1.87 bits per heavy atom. The van der Waals surface area contributed by atoms with Crippen molar-refractivity contribution in [2.75, 3.05) is 46.4 Å². The van der Waals surface area contributed by atoms with Crippen molar-refractivity contribution in [3.8, 4) is 5.75 Å². The maximum atomic E-state index is 13.0. The molecule has 1 atom stereocenters. The molecule has 2 heterocycles. The summed E-state index contributed by atoms with van der Waals surface area (Å²) in [6.45, 7) is 12.3. The molecule has 2 fully saturated rings. The number of amides is 2. The maximum Gasteiger partial charge on any atom is 0.246 e. The zero-order chi connectivity index (χ0) is 21.8. The highest BCUT2D eigenvalue weighted by molar-refractivity contribution is 6.31. The quantitative estimate of drug-likeness (QED) is 0.620. The van der Waals surface area contributed by atoms with E-state index in [9.17, 15) is 9.59 Å². The van der Waals surface area contributed by atoms with Crippen molar-refractivity contribution in [3.05, 3.63) is 40.9 Å². The minimum absolute atomic E-state index is 0.00209. The Bertz CT molecular complexity index is 799. The molecule has 0 spiro atoms. The van der Waals surface area contributed by atoms with Crippen molar-refractivity contribution >= 4 is 23.4 Å². The SMILES string of the molecule is C=CC(=O)N1CC(N2CCN(C(=O)[C@H](C)Cc3cc(CC)c(Cl)cc3OC)CC2)C1. The van der Waals surface area contributed by atoms with E-state index in [2.05, 4.69) is 24.5 Å².